The zero-order chi connectivity index (χ0) is 21.2. The number of rotatable bonds is 6. The minimum Gasteiger partial charge on any atom is -0.355 e. The second-order valence-corrected chi connectivity index (χ2v) is 12.1. The lowest BCUT2D eigenvalue weighted by Gasteiger charge is -2.31. The van der Waals surface area contributed by atoms with Crippen LogP contribution in [0.5, 0.6) is 0 Å². The molecule has 1 aromatic heterocycles. The summed E-state index contributed by atoms with van der Waals surface area (Å²) in [4.78, 5) is 14.1. The van der Waals surface area contributed by atoms with Gasteiger partial charge in [0.15, 0.2) is 0 Å². The molecule has 2 heterocycles. The first-order chi connectivity index (χ1) is 13.7. The van der Waals surface area contributed by atoms with E-state index >= 15 is 0 Å². The highest BCUT2D eigenvalue weighted by atomic mass is 79.9. The highest BCUT2D eigenvalue weighted by Crippen LogP contribution is 2.29. The molecule has 0 aliphatic carbocycles. The van der Waals surface area contributed by atoms with Crippen molar-refractivity contribution in [2.75, 3.05) is 19.6 Å². The predicted octanol–water partition coefficient (Wildman–Crippen LogP) is 4.20. The van der Waals surface area contributed by atoms with Crippen LogP contribution < -0.4 is 5.32 Å². The lowest BCUT2D eigenvalue weighted by Crippen LogP contribution is -2.43. The zero-order valence-electron chi connectivity index (χ0n) is 17.0. The van der Waals surface area contributed by atoms with E-state index < -0.39 is 10.0 Å². The average molecular weight is 499 g/mol. The van der Waals surface area contributed by atoms with Gasteiger partial charge in [0.05, 0.1) is 8.68 Å². The molecule has 0 saturated carbocycles. The summed E-state index contributed by atoms with van der Waals surface area (Å²) in [6.07, 6.45) is 1.92. The highest BCUT2D eigenvalue weighted by molar-refractivity contribution is 9.11. The van der Waals surface area contributed by atoms with Crippen LogP contribution in [0.15, 0.2) is 32.9 Å². The Hall–Kier alpha value is -1.22. The van der Waals surface area contributed by atoms with Crippen molar-refractivity contribution in [1.82, 2.24) is 9.62 Å². The molecule has 8 heteroatoms. The molecule has 158 valence electrons. The summed E-state index contributed by atoms with van der Waals surface area (Å²) in [5.41, 5.74) is 2.62. The Labute approximate surface area is 185 Å². The summed E-state index contributed by atoms with van der Waals surface area (Å²) in [5, 5.41) is 3.00. The van der Waals surface area contributed by atoms with Gasteiger partial charge in [-0.05, 0) is 79.2 Å². The molecule has 1 saturated heterocycles. The third-order valence-corrected chi connectivity index (χ3v) is 9.22. The third kappa shape index (κ3) is 5.29. The molecule has 1 N–H and O–H groups in total. The summed E-state index contributed by atoms with van der Waals surface area (Å²) in [6.45, 7) is 7.03. The molecule has 29 heavy (non-hydrogen) atoms. The summed E-state index contributed by atoms with van der Waals surface area (Å²) < 4.78 is 29.0. The van der Waals surface area contributed by atoms with Gasteiger partial charge in [-0.15, -0.1) is 11.3 Å². The largest absolute Gasteiger partial charge is 0.355 e. The Morgan fingerprint density at radius 3 is 2.34 bits per heavy atom. The maximum atomic E-state index is 13.2. The minimum atomic E-state index is -3.54. The molecule has 1 aliphatic rings. The number of carbonyl (C=O) groups excluding carboxylic acids is 1. The first-order valence-corrected chi connectivity index (χ1v) is 12.8. The molecular formula is C21H27BrN2O3S2. The Morgan fingerprint density at radius 1 is 1.17 bits per heavy atom. The van der Waals surface area contributed by atoms with Gasteiger partial charge < -0.3 is 5.32 Å². The van der Waals surface area contributed by atoms with Crippen LogP contribution in [-0.2, 0) is 21.2 Å². The number of benzene rings is 1. The molecule has 0 spiro atoms. The van der Waals surface area contributed by atoms with Crippen LogP contribution >= 0.6 is 27.3 Å². The molecule has 0 bridgehead atoms. The van der Waals surface area contributed by atoms with Gasteiger partial charge >= 0.3 is 0 Å². The number of thiophene rings is 1. The first-order valence-electron chi connectivity index (χ1n) is 9.78. The number of piperidine rings is 1. The normalized spacial score (nSPS) is 16.1. The number of hydrogen-bond acceptors (Lipinski definition) is 4. The fraction of sp³-hybridized carbons (Fsp3) is 0.476. The third-order valence-electron chi connectivity index (χ3n) is 5.33. The van der Waals surface area contributed by atoms with Crippen LogP contribution in [0.4, 0.5) is 0 Å². The number of nitrogens with zero attached hydrogens (tertiary/aromatic N) is 1. The van der Waals surface area contributed by atoms with Gasteiger partial charge in [0.25, 0.3) is 0 Å². The number of carbonyl (C=O) groups is 1. The highest BCUT2D eigenvalue weighted by Gasteiger charge is 2.33. The fourth-order valence-electron chi connectivity index (χ4n) is 4.00. The number of aryl methyl sites for hydroxylation is 3. The van der Waals surface area contributed by atoms with Crippen LogP contribution in [0.2, 0.25) is 0 Å². The maximum absolute atomic E-state index is 13.2. The quantitative estimate of drug-likeness (QED) is 0.648. The van der Waals surface area contributed by atoms with E-state index in [-0.39, 0.29) is 11.8 Å². The van der Waals surface area contributed by atoms with E-state index in [2.05, 4.69) is 27.3 Å². The first kappa shape index (κ1) is 22.5. The van der Waals surface area contributed by atoms with E-state index in [1.54, 1.807) is 11.3 Å². The van der Waals surface area contributed by atoms with Crippen molar-refractivity contribution in [2.24, 2.45) is 5.92 Å². The topological polar surface area (TPSA) is 66.5 Å². The number of nitrogens with one attached hydrogen (secondary N) is 1. The van der Waals surface area contributed by atoms with E-state index in [9.17, 15) is 13.2 Å². The molecule has 0 atom stereocenters. The van der Waals surface area contributed by atoms with E-state index in [1.165, 1.54) is 9.18 Å². The van der Waals surface area contributed by atoms with Gasteiger partial charge in [0, 0.05) is 30.4 Å². The molecule has 0 unspecified atom stereocenters. The molecule has 1 aromatic carbocycles. The van der Waals surface area contributed by atoms with E-state index in [0.29, 0.717) is 37.4 Å². The summed E-state index contributed by atoms with van der Waals surface area (Å²) in [7, 11) is -3.54. The van der Waals surface area contributed by atoms with Crippen molar-refractivity contribution in [2.45, 2.75) is 44.9 Å². The van der Waals surface area contributed by atoms with Gasteiger partial charge in [-0.3, -0.25) is 4.79 Å². The molecule has 0 radical (unpaired) electrons. The summed E-state index contributed by atoms with van der Waals surface area (Å²) in [5.74, 6) is -0.0999. The molecule has 5 nitrogen and oxygen atoms in total. The standard InChI is InChI=1S/C21H27BrN2O3S2/c1-14-12-15(2)20(16(3)13-14)29(26,27)24-10-7-17(8-11-24)21(25)23-9-6-18-4-5-19(22)28-18/h4-5,12-13,17H,6-11H2,1-3H3,(H,23,25). The Morgan fingerprint density at radius 2 is 1.79 bits per heavy atom. The molecule has 1 fully saturated rings. The van der Waals surface area contributed by atoms with Crippen LogP contribution in [0, 0.1) is 26.7 Å². The van der Waals surface area contributed by atoms with Crippen LogP contribution in [0.1, 0.15) is 34.4 Å². The second-order valence-electron chi connectivity index (χ2n) is 7.65. The number of hydrogen-bond donors (Lipinski definition) is 1. The Kier molecular flexibility index (Phi) is 7.19. The monoisotopic (exact) mass is 498 g/mol. The molecular weight excluding hydrogens is 472 g/mol. The second kappa shape index (κ2) is 9.29. The van der Waals surface area contributed by atoms with Crippen molar-refractivity contribution in [3.05, 3.63) is 49.6 Å². The van der Waals surface area contributed by atoms with Crippen molar-refractivity contribution >= 4 is 43.2 Å². The fourth-order valence-corrected chi connectivity index (χ4v) is 7.36. The SMILES string of the molecule is Cc1cc(C)c(S(=O)(=O)N2CCC(C(=O)NCCc3ccc(Br)s3)CC2)c(C)c1. The number of halogens is 1. The van der Waals surface area contributed by atoms with Crippen molar-refractivity contribution in [3.63, 3.8) is 0 Å². The minimum absolute atomic E-state index is 0.0281. The van der Waals surface area contributed by atoms with Crippen LogP contribution in [0.25, 0.3) is 0 Å². The number of sulfonamides is 1. The maximum Gasteiger partial charge on any atom is 0.243 e. The van der Waals surface area contributed by atoms with Gasteiger partial charge in [-0.25, -0.2) is 8.42 Å². The Balaban J connectivity index is 1.56. The van der Waals surface area contributed by atoms with Gasteiger partial charge in [0.1, 0.15) is 0 Å². The van der Waals surface area contributed by atoms with Gasteiger partial charge in [-0.1, -0.05) is 17.7 Å². The Bertz CT molecular complexity index is 970. The van der Waals surface area contributed by atoms with E-state index in [0.717, 1.165) is 26.9 Å². The lowest BCUT2D eigenvalue weighted by molar-refractivity contribution is -0.126. The van der Waals surface area contributed by atoms with E-state index in [1.807, 2.05) is 39.0 Å². The molecule has 1 amide bonds. The predicted molar refractivity (Wildman–Crippen MR) is 121 cm³/mol. The van der Waals surface area contributed by atoms with Gasteiger partial charge in [-0.2, -0.15) is 4.31 Å². The summed E-state index contributed by atoms with van der Waals surface area (Å²) >= 11 is 5.11. The van der Waals surface area contributed by atoms with Crippen LogP contribution in [0.3, 0.4) is 0 Å². The smallest absolute Gasteiger partial charge is 0.243 e. The summed E-state index contributed by atoms with van der Waals surface area (Å²) in [6, 6.07) is 7.88. The average Bonchev–Trinajstić information content (AvgIpc) is 3.05. The van der Waals surface area contributed by atoms with Crippen molar-refractivity contribution in [3.8, 4) is 0 Å². The molecule has 3 rings (SSSR count). The molecule has 2 aromatic rings. The van der Waals surface area contributed by atoms with Crippen molar-refractivity contribution < 1.29 is 13.2 Å². The zero-order valence-corrected chi connectivity index (χ0v) is 20.2. The van der Waals surface area contributed by atoms with E-state index in [4.69, 9.17) is 0 Å². The lowest BCUT2D eigenvalue weighted by atomic mass is 9.97. The number of amides is 1. The van der Waals surface area contributed by atoms with Crippen molar-refractivity contribution in [1.29, 1.82) is 0 Å². The molecule has 1 aliphatic heterocycles. The van der Waals surface area contributed by atoms with Crippen LogP contribution in [-0.4, -0.2) is 38.3 Å². The van der Waals surface area contributed by atoms with Gasteiger partial charge in [0.2, 0.25) is 15.9 Å².